The van der Waals surface area contributed by atoms with E-state index in [1.165, 1.54) is 0 Å². The third kappa shape index (κ3) is 2.29. The molecule has 1 rings (SSSR count). The molecule has 0 aliphatic heterocycles. The Morgan fingerprint density at radius 1 is 1.45 bits per heavy atom. The highest BCUT2D eigenvalue weighted by Crippen LogP contribution is 2.32. The SMILES string of the molecule is CSC1=C(Cl)C=CCC=C1Cl. The first-order chi connectivity index (χ1) is 5.25. The standard InChI is InChI=1S/C8H8Cl2S/c1-11-8-6(9)4-2-3-5-7(8)10/h2,4-5H,3H2,1H3. The van der Waals surface area contributed by atoms with E-state index in [2.05, 4.69) is 0 Å². The van der Waals surface area contributed by atoms with Gasteiger partial charge in [0.05, 0.1) is 10.1 Å². The van der Waals surface area contributed by atoms with Crippen molar-refractivity contribution in [3.8, 4) is 0 Å². The maximum Gasteiger partial charge on any atom is 0.0553 e. The number of rotatable bonds is 1. The van der Waals surface area contributed by atoms with Gasteiger partial charge in [-0.3, -0.25) is 0 Å². The van der Waals surface area contributed by atoms with Crippen LogP contribution in [0.5, 0.6) is 0 Å². The topological polar surface area (TPSA) is 0 Å². The van der Waals surface area contributed by atoms with Gasteiger partial charge in [-0.05, 0) is 18.8 Å². The van der Waals surface area contributed by atoms with Gasteiger partial charge in [-0.1, -0.05) is 35.4 Å². The predicted octanol–water partition coefficient (Wildman–Crippen LogP) is 3.88. The summed E-state index contributed by atoms with van der Waals surface area (Å²) in [6.45, 7) is 0. The first kappa shape index (κ1) is 9.24. The fraction of sp³-hybridized carbons (Fsp3) is 0.250. The summed E-state index contributed by atoms with van der Waals surface area (Å²) in [6.07, 6.45) is 8.67. The van der Waals surface area contributed by atoms with Gasteiger partial charge in [0.15, 0.2) is 0 Å². The Labute approximate surface area is 80.9 Å². The molecule has 0 unspecified atom stereocenters. The molecule has 0 saturated heterocycles. The van der Waals surface area contributed by atoms with E-state index in [1.54, 1.807) is 11.8 Å². The van der Waals surface area contributed by atoms with Gasteiger partial charge in [-0.2, -0.15) is 0 Å². The second kappa shape index (κ2) is 4.24. The van der Waals surface area contributed by atoms with Crippen molar-refractivity contribution in [2.24, 2.45) is 0 Å². The number of allylic oxidation sites excluding steroid dienone is 5. The van der Waals surface area contributed by atoms with Gasteiger partial charge in [0.2, 0.25) is 0 Å². The minimum absolute atomic E-state index is 0.733. The van der Waals surface area contributed by atoms with Crippen molar-refractivity contribution >= 4 is 35.0 Å². The molecule has 0 nitrogen and oxygen atoms in total. The Morgan fingerprint density at radius 3 is 2.82 bits per heavy atom. The van der Waals surface area contributed by atoms with Gasteiger partial charge in [0.25, 0.3) is 0 Å². The van der Waals surface area contributed by atoms with E-state index >= 15 is 0 Å². The quantitative estimate of drug-likeness (QED) is 0.628. The molecule has 1 aliphatic rings. The van der Waals surface area contributed by atoms with Crippen LogP contribution >= 0.6 is 35.0 Å². The van der Waals surface area contributed by atoms with E-state index in [9.17, 15) is 0 Å². The molecule has 0 saturated carbocycles. The zero-order valence-corrected chi connectivity index (χ0v) is 8.43. The Hall–Kier alpha value is 0.150. The van der Waals surface area contributed by atoms with Gasteiger partial charge in [0.1, 0.15) is 0 Å². The lowest BCUT2D eigenvalue weighted by molar-refractivity contribution is 1.40. The van der Waals surface area contributed by atoms with Crippen molar-refractivity contribution in [3.05, 3.63) is 33.2 Å². The van der Waals surface area contributed by atoms with Crippen LogP contribution in [0.25, 0.3) is 0 Å². The van der Waals surface area contributed by atoms with Crippen molar-refractivity contribution in [3.63, 3.8) is 0 Å². The number of thioether (sulfide) groups is 1. The molecule has 0 aromatic rings. The normalized spacial score (nSPS) is 18.3. The zero-order valence-electron chi connectivity index (χ0n) is 6.10. The molecule has 1 aliphatic carbocycles. The molecule has 0 atom stereocenters. The smallest absolute Gasteiger partial charge is 0.0553 e. The number of halogens is 2. The third-order valence-electron chi connectivity index (χ3n) is 1.34. The molecule has 0 spiro atoms. The van der Waals surface area contributed by atoms with Crippen LogP contribution in [0.1, 0.15) is 6.42 Å². The van der Waals surface area contributed by atoms with Crippen LogP contribution < -0.4 is 0 Å². The van der Waals surface area contributed by atoms with E-state index in [0.29, 0.717) is 0 Å². The Bertz CT molecular complexity index is 238. The van der Waals surface area contributed by atoms with E-state index in [1.807, 2.05) is 24.5 Å². The van der Waals surface area contributed by atoms with Gasteiger partial charge in [-0.25, -0.2) is 0 Å². The summed E-state index contributed by atoms with van der Waals surface area (Å²) < 4.78 is 0. The highest BCUT2D eigenvalue weighted by atomic mass is 35.5. The van der Waals surface area contributed by atoms with Crippen LogP contribution in [-0.4, -0.2) is 6.26 Å². The summed E-state index contributed by atoms with van der Waals surface area (Å²) in [6, 6.07) is 0. The summed E-state index contributed by atoms with van der Waals surface area (Å²) in [5.74, 6) is 0. The van der Waals surface area contributed by atoms with Crippen LogP contribution in [0.4, 0.5) is 0 Å². The molecule has 60 valence electrons. The van der Waals surface area contributed by atoms with Crippen LogP contribution in [0.15, 0.2) is 33.2 Å². The number of hydrogen-bond acceptors (Lipinski definition) is 1. The maximum absolute atomic E-state index is 5.94. The molecule has 0 fully saturated rings. The summed E-state index contributed by atoms with van der Waals surface area (Å²) in [5.41, 5.74) is 0. The van der Waals surface area contributed by atoms with Gasteiger partial charge >= 0.3 is 0 Å². The lowest BCUT2D eigenvalue weighted by atomic mass is 10.4. The molecule has 0 heterocycles. The van der Waals surface area contributed by atoms with Gasteiger partial charge in [-0.15, -0.1) is 11.8 Å². The minimum atomic E-state index is 0.733. The largest absolute Gasteiger partial charge is 0.127 e. The van der Waals surface area contributed by atoms with Crippen LogP contribution in [0.3, 0.4) is 0 Å². The summed E-state index contributed by atoms with van der Waals surface area (Å²) in [4.78, 5) is 0.960. The first-order valence-corrected chi connectivity index (χ1v) is 5.20. The fourth-order valence-corrected chi connectivity index (χ4v) is 2.25. The van der Waals surface area contributed by atoms with Gasteiger partial charge in [0, 0.05) is 4.91 Å². The third-order valence-corrected chi connectivity index (χ3v) is 3.07. The van der Waals surface area contributed by atoms with Gasteiger partial charge < -0.3 is 0 Å². The average molecular weight is 207 g/mol. The summed E-state index contributed by atoms with van der Waals surface area (Å²) in [7, 11) is 0. The van der Waals surface area contributed by atoms with E-state index < -0.39 is 0 Å². The van der Waals surface area contributed by atoms with Crippen molar-refractivity contribution in [1.82, 2.24) is 0 Å². The molecular weight excluding hydrogens is 199 g/mol. The maximum atomic E-state index is 5.94. The highest BCUT2D eigenvalue weighted by molar-refractivity contribution is 8.02. The second-order valence-corrected chi connectivity index (χ2v) is 3.70. The lowest BCUT2D eigenvalue weighted by Crippen LogP contribution is -1.77. The molecule has 0 aromatic heterocycles. The van der Waals surface area contributed by atoms with Crippen molar-refractivity contribution < 1.29 is 0 Å². The fourth-order valence-electron chi connectivity index (χ4n) is 0.820. The highest BCUT2D eigenvalue weighted by Gasteiger charge is 2.06. The Kier molecular flexibility index (Phi) is 3.57. The van der Waals surface area contributed by atoms with Crippen LogP contribution in [-0.2, 0) is 0 Å². The average Bonchev–Trinajstić information content (AvgIpc) is 2.12. The zero-order chi connectivity index (χ0) is 8.27. The monoisotopic (exact) mass is 206 g/mol. The molecule has 0 amide bonds. The summed E-state index contributed by atoms with van der Waals surface area (Å²) >= 11 is 13.4. The molecule has 3 heteroatoms. The first-order valence-electron chi connectivity index (χ1n) is 3.22. The molecule has 0 N–H and O–H groups in total. The van der Waals surface area contributed by atoms with Crippen molar-refractivity contribution in [2.45, 2.75) is 6.42 Å². The van der Waals surface area contributed by atoms with E-state index in [-0.39, 0.29) is 0 Å². The minimum Gasteiger partial charge on any atom is -0.127 e. The Balaban J connectivity index is 3.02. The summed E-state index contributed by atoms with van der Waals surface area (Å²) in [5, 5.41) is 1.49. The number of hydrogen-bond donors (Lipinski definition) is 0. The van der Waals surface area contributed by atoms with E-state index in [4.69, 9.17) is 23.2 Å². The lowest BCUT2D eigenvalue weighted by Gasteiger charge is -2.01. The molecule has 0 radical (unpaired) electrons. The van der Waals surface area contributed by atoms with Crippen molar-refractivity contribution in [2.75, 3.05) is 6.26 Å². The van der Waals surface area contributed by atoms with Crippen LogP contribution in [0, 0.1) is 0 Å². The van der Waals surface area contributed by atoms with Crippen molar-refractivity contribution in [1.29, 1.82) is 0 Å². The van der Waals surface area contributed by atoms with E-state index in [0.717, 1.165) is 21.4 Å². The molecular formula is C8H8Cl2S. The molecule has 11 heavy (non-hydrogen) atoms. The van der Waals surface area contributed by atoms with Crippen LogP contribution in [0.2, 0.25) is 0 Å². The molecule has 0 bridgehead atoms. The predicted molar refractivity (Wildman–Crippen MR) is 54.1 cm³/mol. The molecule has 0 aromatic carbocycles. The Morgan fingerprint density at radius 2 is 2.18 bits per heavy atom. The second-order valence-electron chi connectivity index (χ2n) is 2.07.